The van der Waals surface area contributed by atoms with Crippen molar-refractivity contribution in [1.82, 2.24) is 5.32 Å². The molecule has 0 aromatic heterocycles. The number of amides is 1. The average molecular weight is 214 g/mol. The molecule has 0 saturated heterocycles. The van der Waals surface area contributed by atoms with Gasteiger partial charge >= 0.3 is 5.97 Å². The second kappa shape index (κ2) is 5.70. The standard InChI is InChI=1S/C10H18N2O3/c11-5-9(13)12-6-7-1-3-8(4-2-7)10(14)15/h7-8H,1-6,11H2,(H,12,13)(H,14,15). The Morgan fingerprint density at radius 2 is 1.87 bits per heavy atom. The Hall–Kier alpha value is -1.10. The summed E-state index contributed by atoms with van der Waals surface area (Å²) in [5.41, 5.74) is 5.16. The van der Waals surface area contributed by atoms with Gasteiger partial charge in [0.25, 0.3) is 0 Å². The fraction of sp³-hybridized carbons (Fsp3) is 0.800. The predicted octanol–water partition coefficient (Wildman–Crippen LogP) is -0.0477. The molecule has 5 nitrogen and oxygen atoms in total. The van der Waals surface area contributed by atoms with Crippen LogP contribution in [0.4, 0.5) is 0 Å². The van der Waals surface area contributed by atoms with Crippen molar-refractivity contribution >= 4 is 11.9 Å². The number of nitrogens with two attached hydrogens (primary N) is 1. The normalized spacial score (nSPS) is 25.9. The van der Waals surface area contributed by atoms with E-state index < -0.39 is 5.97 Å². The third kappa shape index (κ3) is 3.87. The van der Waals surface area contributed by atoms with Crippen LogP contribution in [0.3, 0.4) is 0 Å². The van der Waals surface area contributed by atoms with Gasteiger partial charge in [-0.15, -0.1) is 0 Å². The molecule has 0 radical (unpaired) electrons. The molecule has 0 heterocycles. The molecule has 0 atom stereocenters. The van der Waals surface area contributed by atoms with Gasteiger partial charge in [0, 0.05) is 6.54 Å². The van der Waals surface area contributed by atoms with Crippen LogP contribution in [0, 0.1) is 11.8 Å². The number of hydrogen-bond donors (Lipinski definition) is 3. The molecule has 1 saturated carbocycles. The van der Waals surface area contributed by atoms with Crippen molar-refractivity contribution in [2.75, 3.05) is 13.1 Å². The minimum atomic E-state index is -0.695. The van der Waals surface area contributed by atoms with Crippen LogP contribution in [-0.4, -0.2) is 30.1 Å². The van der Waals surface area contributed by atoms with Crippen molar-refractivity contribution in [1.29, 1.82) is 0 Å². The molecule has 4 N–H and O–H groups in total. The number of carboxylic acids is 1. The monoisotopic (exact) mass is 214 g/mol. The van der Waals surface area contributed by atoms with Gasteiger partial charge < -0.3 is 16.2 Å². The van der Waals surface area contributed by atoms with Crippen LogP contribution in [0.25, 0.3) is 0 Å². The average Bonchev–Trinajstić information content (AvgIpc) is 2.26. The molecule has 86 valence electrons. The number of nitrogens with one attached hydrogen (secondary N) is 1. The Bertz CT molecular complexity index is 235. The summed E-state index contributed by atoms with van der Waals surface area (Å²) < 4.78 is 0. The summed E-state index contributed by atoms with van der Waals surface area (Å²) in [7, 11) is 0. The summed E-state index contributed by atoms with van der Waals surface area (Å²) >= 11 is 0. The quantitative estimate of drug-likeness (QED) is 0.612. The summed E-state index contributed by atoms with van der Waals surface area (Å²) in [6.07, 6.45) is 3.20. The van der Waals surface area contributed by atoms with Gasteiger partial charge in [-0.1, -0.05) is 0 Å². The van der Waals surface area contributed by atoms with Crippen molar-refractivity contribution in [2.24, 2.45) is 17.6 Å². The van der Waals surface area contributed by atoms with Crippen LogP contribution in [0.15, 0.2) is 0 Å². The fourth-order valence-electron chi connectivity index (χ4n) is 1.94. The molecule has 0 unspecified atom stereocenters. The van der Waals surface area contributed by atoms with E-state index in [1.54, 1.807) is 0 Å². The van der Waals surface area contributed by atoms with Crippen molar-refractivity contribution in [3.8, 4) is 0 Å². The number of carboxylic acid groups (broad SMARTS) is 1. The minimum Gasteiger partial charge on any atom is -0.481 e. The molecule has 0 spiro atoms. The van der Waals surface area contributed by atoms with E-state index in [-0.39, 0.29) is 18.4 Å². The van der Waals surface area contributed by atoms with E-state index in [2.05, 4.69) is 5.32 Å². The lowest BCUT2D eigenvalue weighted by molar-refractivity contribution is -0.143. The van der Waals surface area contributed by atoms with Crippen LogP contribution in [-0.2, 0) is 9.59 Å². The molecular weight excluding hydrogens is 196 g/mol. The molecule has 0 aliphatic heterocycles. The molecule has 1 fully saturated rings. The number of aliphatic carboxylic acids is 1. The van der Waals surface area contributed by atoms with Crippen LogP contribution in [0.1, 0.15) is 25.7 Å². The predicted molar refractivity (Wildman–Crippen MR) is 55.1 cm³/mol. The van der Waals surface area contributed by atoms with Gasteiger partial charge in [0.1, 0.15) is 0 Å². The SMILES string of the molecule is NCC(=O)NCC1CCC(C(=O)O)CC1. The Kier molecular flexibility index (Phi) is 4.55. The Labute approximate surface area is 89.0 Å². The van der Waals surface area contributed by atoms with Crippen LogP contribution in [0.2, 0.25) is 0 Å². The molecule has 0 bridgehead atoms. The molecule has 0 aromatic rings. The minimum absolute atomic E-state index is 0.0183. The lowest BCUT2D eigenvalue weighted by Gasteiger charge is -2.26. The first-order chi connectivity index (χ1) is 7.13. The molecule has 15 heavy (non-hydrogen) atoms. The van der Waals surface area contributed by atoms with E-state index >= 15 is 0 Å². The van der Waals surface area contributed by atoms with Gasteiger partial charge in [0.2, 0.25) is 5.91 Å². The van der Waals surface area contributed by atoms with E-state index in [0.717, 1.165) is 25.7 Å². The van der Waals surface area contributed by atoms with Gasteiger partial charge in [0.15, 0.2) is 0 Å². The number of rotatable bonds is 4. The van der Waals surface area contributed by atoms with Crippen LogP contribution < -0.4 is 11.1 Å². The maximum Gasteiger partial charge on any atom is 0.306 e. The molecule has 1 rings (SSSR count). The molecule has 1 amide bonds. The van der Waals surface area contributed by atoms with Crippen molar-refractivity contribution in [3.63, 3.8) is 0 Å². The fourth-order valence-corrected chi connectivity index (χ4v) is 1.94. The second-order valence-corrected chi connectivity index (χ2v) is 4.06. The van der Waals surface area contributed by atoms with Gasteiger partial charge in [-0.25, -0.2) is 0 Å². The Morgan fingerprint density at radius 3 is 2.33 bits per heavy atom. The number of carbonyl (C=O) groups excluding carboxylic acids is 1. The molecule has 1 aliphatic carbocycles. The maximum atomic E-state index is 10.9. The Morgan fingerprint density at radius 1 is 1.27 bits per heavy atom. The highest BCUT2D eigenvalue weighted by Crippen LogP contribution is 2.28. The van der Waals surface area contributed by atoms with E-state index in [9.17, 15) is 9.59 Å². The topological polar surface area (TPSA) is 92.4 Å². The summed E-state index contributed by atoms with van der Waals surface area (Å²) in [4.78, 5) is 21.6. The Balaban J connectivity index is 2.20. The molecule has 1 aliphatic rings. The van der Waals surface area contributed by atoms with Gasteiger partial charge in [0.05, 0.1) is 12.5 Å². The van der Waals surface area contributed by atoms with Gasteiger partial charge in [-0.3, -0.25) is 9.59 Å². The molecule has 0 aromatic carbocycles. The lowest BCUT2D eigenvalue weighted by atomic mass is 9.82. The van der Waals surface area contributed by atoms with E-state index in [4.69, 9.17) is 10.8 Å². The first-order valence-corrected chi connectivity index (χ1v) is 5.33. The highest BCUT2D eigenvalue weighted by Gasteiger charge is 2.25. The first-order valence-electron chi connectivity index (χ1n) is 5.33. The smallest absolute Gasteiger partial charge is 0.306 e. The highest BCUT2D eigenvalue weighted by atomic mass is 16.4. The van der Waals surface area contributed by atoms with E-state index in [0.29, 0.717) is 12.5 Å². The first kappa shape index (κ1) is 12.0. The summed E-state index contributed by atoms with van der Waals surface area (Å²) in [5, 5.41) is 11.5. The summed E-state index contributed by atoms with van der Waals surface area (Å²) in [5.74, 6) is -0.614. The zero-order valence-corrected chi connectivity index (χ0v) is 8.74. The summed E-state index contributed by atoms with van der Waals surface area (Å²) in [6, 6.07) is 0. The third-order valence-corrected chi connectivity index (χ3v) is 2.97. The number of hydrogen-bond acceptors (Lipinski definition) is 3. The van der Waals surface area contributed by atoms with Crippen LogP contribution in [0.5, 0.6) is 0 Å². The van der Waals surface area contributed by atoms with E-state index in [1.807, 2.05) is 0 Å². The highest BCUT2D eigenvalue weighted by molar-refractivity contribution is 5.77. The largest absolute Gasteiger partial charge is 0.481 e. The maximum absolute atomic E-state index is 10.9. The molecular formula is C10H18N2O3. The van der Waals surface area contributed by atoms with Crippen LogP contribution >= 0.6 is 0 Å². The second-order valence-electron chi connectivity index (χ2n) is 4.06. The third-order valence-electron chi connectivity index (χ3n) is 2.97. The zero-order chi connectivity index (χ0) is 11.3. The van der Waals surface area contributed by atoms with Crippen molar-refractivity contribution in [2.45, 2.75) is 25.7 Å². The summed E-state index contributed by atoms with van der Waals surface area (Å²) in [6.45, 7) is 0.646. The number of carbonyl (C=O) groups is 2. The van der Waals surface area contributed by atoms with E-state index in [1.165, 1.54) is 0 Å². The van der Waals surface area contributed by atoms with Crippen molar-refractivity contribution in [3.05, 3.63) is 0 Å². The van der Waals surface area contributed by atoms with Gasteiger partial charge in [-0.2, -0.15) is 0 Å². The molecule has 5 heteroatoms. The lowest BCUT2D eigenvalue weighted by Crippen LogP contribution is -2.35. The van der Waals surface area contributed by atoms with Crippen molar-refractivity contribution < 1.29 is 14.7 Å². The zero-order valence-electron chi connectivity index (χ0n) is 8.74. The van der Waals surface area contributed by atoms with Gasteiger partial charge in [-0.05, 0) is 31.6 Å².